The van der Waals surface area contributed by atoms with Gasteiger partial charge in [0, 0.05) is 11.1 Å². The molecule has 0 N–H and O–H groups in total. The van der Waals surface area contributed by atoms with Crippen molar-refractivity contribution in [2.75, 3.05) is 0 Å². The van der Waals surface area contributed by atoms with Crippen LogP contribution in [-0.2, 0) is 22.3 Å². The first-order valence-electron chi connectivity index (χ1n) is 14.9. The summed E-state index contributed by atoms with van der Waals surface area (Å²) in [4.78, 5) is 27.0. The number of esters is 2. The molecule has 0 spiro atoms. The van der Waals surface area contributed by atoms with Crippen LogP contribution >= 0.6 is 0 Å². The maximum Gasteiger partial charge on any atom is 0.343 e. The van der Waals surface area contributed by atoms with E-state index in [4.69, 9.17) is 9.47 Å². The van der Waals surface area contributed by atoms with Gasteiger partial charge in [-0.05, 0) is 74.9 Å². The first-order chi connectivity index (χ1) is 20.4. The second-order valence-electron chi connectivity index (χ2n) is 10.8. The second kappa shape index (κ2) is 15.0. The molecule has 0 aliphatic heterocycles. The maximum atomic E-state index is 13.5. The minimum atomic E-state index is -0.520. The fourth-order valence-electron chi connectivity index (χ4n) is 4.56. The molecule has 0 saturated carbocycles. The zero-order valence-corrected chi connectivity index (χ0v) is 25.1. The Hall–Kier alpha value is -4.44. The average Bonchev–Trinajstić information content (AvgIpc) is 3.02. The highest BCUT2D eigenvalue weighted by molar-refractivity contribution is 6.00. The molecule has 0 atom stereocenters. The van der Waals surface area contributed by atoms with E-state index in [0.29, 0.717) is 22.3 Å². The lowest BCUT2D eigenvalue weighted by Gasteiger charge is -2.17. The molecule has 4 heteroatoms. The van der Waals surface area contributed by atoms with E-state index in [1.54, 1.807) is 24.3 Å². The quantitative estimate of drug-likeness (QED) is 0.0983. The van der Waals surface area contributed by atoms with E-state index in [-0.39, 0.29) is 11.5 Å². The summed E-state index contributed by atoms with van der Waals surface area (Å²) in [5.74, 6) is -0.666. The minimum Gasteiger partial charge on any atom is -0.418 e. The number of hydrogen-bond acceptors (Lipinski definition) is 4. The fourth-order valence-corrected chi connectivity index (χ4v) is 4.56. The number of hydrogen-bond donors (Lipinski definition) is 0. The van der Waals surface area contributed by atoms with Crippen LogP contribution in [0.5, 0.6) is 0 Å². The molecular formula is C38H40O4. The zero-order chi connectivity index (χ0) is 29.9. The van der Waals surface area contributed by atoms with Crippen LogP contribution in [0, 0.1) is 13.8 Å². The molecule has 4 aromatic rings. The molecule has 42 heavy (non-hydrogen) atoms. The lowest BCUT2D eigenvalue weighted by molar-refractivity contribution is 0.0646. The average molecular weight is 561 g/mol. The van der Waals surface area contributed by atoms with E-state index in [1.807, 2.05) is 86.6 Å². The van der Waals surface area contributed by atoms with Crippen molar-refractivity contribution in [3.8, 4) is 0 Å². The molecule has 0 aliphatic carbocycles. The van der Waals surface area contributed by atoms with Crippen LogP contribution in [-0.4, -0.2) is 11.9 Å². The number of ether oxygens (including phenoxy) is 2. The first kappa shape index (κ1) is 30.5. The number of carbonyl (C=O) groups excluding carboxylic acids is 2. The van der Waals surface area contributed by atoms with Gasteiger partial charge in [-0.15, -0.1) is 0 Å². The molecule has 4 rings (SSSR count). The topological polar surface area (TPSA) is 52.6 Å². The van der Waals surface area contributed by atoms with E-state index >= 15 is 0 Å². The smallest absolute Gasteiger partial charge is 0.343 e. The summed E-state index contributed by atoms with van der Waals surface area (Å²) in [5, 5.41) is 0. The van der Waals surface area contributed by atoms with Gasteiger partial charge in [-0.25, -0.2) is 9.59 Å². The van der Waals surface area contributed by atoms with Gasteiger partial charge < -0.3 is 9.47 Å². The Balaban J connectivity index is 1.74. The third-order valence-electron chi connectivity index (χ3n) is 7.24. The molecule has 4 aromatic carbocycles. The van der Waals surface area contributed by atoms with Crippen molar-refractivity contribution in [1.29, 1.82) is 0 Å². The van der Waals surface area contributed by atoms with Gasteiger partial charge >= 0.3 is 11.9 Å². The zero-order valence-electron chi connectivity index (χ0n) is 25.1. The highest BCUT2D eigenvalue weighted by Crippen LogP contribution is 2.31. The molecule has 0 bridgehead atoms. The molecule has 0 aromatic heterocycles. The Morgan fingerprint density at radius 2 is 0.786 bits per heavy atom. The Morgan fingerprint density at radius 1 is 0.476 bits per heavy atom. The molecule has 4 nitrogen and oxygen atoms in total. The van der Waals surface area contributed by atoms with Crippen molar-refractivity contribution in [2.24, 2.45) is 0 Å². The highest BCUT2D eigenvalue weighted by Gasteiger charge is 2.23. The summed E-state index contributed by atoms with van der Waals surface area (Å²) >= 11 is 0. The Bertz CT molecular complexity index is 1380. The van der Waals surface area contributed by atoms with Gasteiger partial charge in [0.15, 0.2) is 11.5 Å². The number of rotatable bonds is 12. The second-order valence-corrected chi connectivity index (χ2v) is 10.8. The summed E-state index contributed by atoms with van der Waals surface area (Å²) in [7, 11) is 0. The summed E-state index contributed by atoms with van der Waals surface area (Å²) < 4.78 is 12.2. The van der Waals surface area contributed by atoms with Crippen molar-refractivity contribution in [1.82, 2.24) is 0 Å². The monoisotopic (exact) mass is 560 g/mol. The van der Waals surface area contributed by atoms with E-state index in [0.717, 1.165) is 49.7 Å². The molecule has 0 radical (unpaired) electrons. The van der Waals surface area contributed by atoms with Gasteiger partial charge in [0.05, 0.1) is 11.1 Å². The predicted octanol–water partition coefficient (Wildman–Crippen LogP) is 9.53. The number of unbranched alkanes of at least 4 members (excludes halogenated alkanes) is 2. The van der Waals surface area contributed by atoms with Gasteiger partial charge in [0.1, 0.15) is 0 Å². The Morgan fingerprint density at radius 3 is 1.10 bits per heavy atom. The van der Waals surface area contributed by atoms with Crippen LogP contribution in [0.25, 0.3) is 11.5 Å². The summed E-state index contributed by atoms with van der Waals surface area (Å²) in [6, 6.07) is 30.3. The Kier molecular flexibility index (Phi) is 10.9. The summed E-state index contributed by atoms with van der Waals surface area (Å²) in [5.41, 5.74) is 6.59. The number of carbonyl (C=O) groups is 2. The van der Waals surface area contributed by atoms with Crippen molar-refractivity contribution in [2.45, 2.75) is 66.2 Å². The predicted molar refractivity (Wildman–Crippen MR) is 170 cm³/mol. The standard InChI is InChI=1S/C38H40O4/c1-5-7-9-29-15-23-33(24-16-29)37(39)41-35(31-19-11-27(3)12-20-31)36(32-21-13-28(4)14-22-32)42-38(40)34-25-17-30(18-26-34)10-8-6-2/h11-26H,5-10H2,1-4H3/b36-35+. The van der Waals surface area contributed by atoms with E-state index in [9.17, 15) is 9.59 Å². The minimum absolute atomic E-state index is 0.187. The van der Waals surface area contributed by atoms with Crippen molar-refractivity contribution >= 4 is 23.5 Å². The van der Waals surface area contributed by atoms with Crippen molar-refractivity contribution < 1.29 is 19.1 Å². The first-order valence-corrected chi connectivity index (χ1v) is 14.9. The van der Waals surface area contributed by atoms with Crippen LogP contribution in [0.2, 0.25) is 0 Å². The molecular weight excluding hydrogens is 520 g/mol. The third-order valence-corrected chi connectivity index (χ3v) is 7.24. The van der Waals surface area contributed by atoms with Gasteiger partial charge in [-0.1, -0.05) is 111 Å². The van der Waals surface area contributed by atoms with E-state index < -0.39 is 11.9 Å². The molecule has 0 saturated heterocycles. The third kappa shape index (κ3) is 8.29. The normalized spacial score (nSPS) is 11.5. The molecule has 0 amide bonds. The van der Waals surface area contributed by atoms with Gasteiger partial charge in [-0.2, -0.15) is 0 Å². The fraction of sp³-hybridized carbons (Fsp3) is 0.263. The molecule has 0 fully saturated rings. The van der Waals surface area contributed by atoms with Crippen LogP contribution in [0.15, 0.2) is 97.1 Å². The molecule has 0 heterocycles. The van der Waals surface area contributed by atoms with Crippen LogP contribution in [0.3, 0.4) is 0 Å². The van der Waals surface area contributed by atoms with Gasteiger partial charge in [0.2, 0.25) is 0 Å². The number of aryl methyl sites for hydroxylation is 4. The summed E-state index contributed by atoms with van der Waals surface area (Å²) in [6.07, 6.45) is 6.34. The van der Waals surface area contributed by atoms with E-state index in [2.05, 4.69) is 13.8 Å². The largest absolute Gasteiger partial charge is 0.418 e. The maximum absolute atomic E-state index is 13.5. The molecule has 0 aliphatic rings. The molecule has 216 valence electrons. The lowest BCUT2D eigenvalue weighted by Crippen LogP contribution is -2.11. The van der Waals surface area contributed by atoms with Crippen LogP contribution < -0.4 is 0 Å². The van der Waals surface area contributed by atoms with Crippen LogP contribution in [0.1, 0.15) is 93.6 Å². The SMILES string of the molecule is CCCCc1ccc(C(=O)O/C(=C(/OC(=O)c2ccc(CCCC)cc2)c2ccc(C)cc2)c2ccc(C)cc2)cc1. The Labute approximate surface area is 250 Å². The van der Waals surface area contributed by atoms with Crippen molar-refractivity contribution in [3.05, 3.63) is 142 Å². The highest BCUT2D eigenvalue weighted by atomic mass is 16.6. The lowest BCUT2D eigenvalue weighted by atomic mass is 10.0. The van der Waals surface area contributed by atoms with E-state index in [1.165, 1.54) is 11.1 Å². The molecule has 0 unspecified atom stereocenters. The van der Waals surface area contributed by atoms with Crippen LogP contribution in [0.4, 0.5) is 0 Å². The van der Waals surface area contributed by atoms with Gasteiger partial charge in [-0.3, -0.25) is 0 Å². The summed E-state index contributed by atoms with van der Waals surface area (Å²) in [6.45, 7) is 8.30. The number of benzene rings is 4. The van der Waals surface area contributed by atoms with Crippen molar-refractivity contribution in [3.63, 3.8) is 0 Å². The van der Waals surface area contributed by atoms with Gasteiger partial charge in [0.25, 0.3) is 0 Å².